The Morgan fingerprint density at radius 2 is 1.81 bits per heavy atom. The van der Waals surface area contributed by atoms with Crippen molar-refractivity contribution < 1.29 is 8.68 Å². The van der Waals surface area contributed by atoms with Crippen molar-refractivity contribution in [3.05, 3.63) is 0 Å². The zero-order chi connectivity index (χ0) is 12.1. The third-order valence-electron chi connectivity index (χ3n) is 3.56. The average Bonchev–Trinajstić information content (AvgIpc) is 2.78. The highest BCUT2D eigenvalue weighted by molar-refractivity contribution is 7.74. The van der Waals surface area contributed by atoms with Crippen LogP contribution in [-0.4, -0.2) is 57.6 Å². The van der Waals surface area contributed by atoms with Crippen LogP contribution in [0.2, 0.25) is 0 Å². The maximum absolute atomic E-state index is 12.3. The largest absolute Gasteiger partial charge is 0.325 e. The normalized spacial score (nSPS) is 28.4. The SMILES string of the molecule is CC(C)N1CC([N+]2(S)CC2)N(C(C)C)C1=O. The van der Waals surface area contributed by atoms with E-state index in [1.807, 2.05) is 9.80 Å². The highest BCUT2D eigenvalue weighted by atomic mass is 32.1. The van der Waals surface area contributed by atoms with Crippen molar-refractivity contribution in [2.45, 2.75) is 45.9 Å². The lowest BCUT2D eigenvalue weighted by Crippen LogP contribution is -2.48. The molecule has 2 heterocycles. The molecule has 0 radical (unpaired) electrons. The molecule has 2 aliphatic rings. The topological polar surface area (TPSA) is 23.6 Å². The zero-order valence-corrected chi connectivity index (χ0v) is 11.4. The van der Waals surface area contributed by atoms with Crippen molar-refractivity contribution in [1.29, 1.82) is 0 Å². The first-order chi connectivity index (χ1) is 7.37. The molecular weight excluding hydrogens is 222 g/mol. The number of hydrogen-bond acceptors (Lipinski definition) is 2. The van der Waals surface area contributed by atoms with E-state index in [1.54, 1.807) is 0 Å². The van der Waals surface area contributed by atoms with Crippen molar-refractivity contribution in [1.82, 2.24) is 9.80 Å². The molecule has 4 nitrogen and oxygen atoms in total. The Hall–Kier alpha value is -0.420. The maximum Gasteiger partial charge on any atom is 0.325 e. The fourth-order valence-corrected chi connectivity index (χ4v) is 2.67. The molecule has 2 aliphatic heterocycles. The molecule has 1 unspecified atom stereocenters. The second kappa shape index (κ2) is 3.81. The van der Waals surface area contributed by atoms with Gasteiger partial charge in [0.25, 0.3) is 0 Å². The quantitative estimate of drug-likeness (QED) is 0.454. The summed E-state index contributed by atoms with van der Waals surface area (Å²) in [5.74, 6) is 0. The van der Waals surface area contributed by atoms with E-state index >= 15 is 0 Å². The van der Waals surface area contributed by atoms with Crippen LogP contribution in [0.15, 0.2) is 0 Å². The number of hydrogen-bond donors (Lipinski definition) is 1. The molecule has 0 saturated carbocycles. The fourth-order valence-electron chi connectivity index (χ4n) is 2.40. The first-order valence-electron chi connectivity index (χ1n) is 6.05. The fraction of sp³-hybridized carbons (Fsp3) is 0.909. The van der Waals surface area contributed by atoms with Gasteiger partial charge in [0.15, 0.2) is 6.17 Å². The van der Waals surface area contributed by atoms with Crippen LogP contribution < -0.4 is 0 Å². The van der Waals surface area contributed by atoms with Crippen molar-refractivity contribution in [2.75, 3.05) is 19.6 Å². The average molecular weight is 244 g/mol. The Balaban J connectivity index is 2.22. The Labute approximate surface area is 103 Å². The van der Waals surface area contributed by atoms with Gasteiger partial charge in [-0.25, -0.2) is 8.68 Å². The summed E-state index contributed by atoms with van der Waals surface area (Å²) in [5.41, 5.74) is 0. The molecular formula is C11H22N3OS+. The summed E-state index contributed by atoms with van der Waals surface area (Å²) in [6, 6.07) is 0.705. The molecule has 2 saturated heterocycles. The van der Waals surface area contributed by atoms with Gasteiger partial charge in [-0.3, -0.25) is 4.90 Å². The molecule has 2 amide bonds. The van der Waals surface area contributed by atoms with Crippen molar-refractivity contribution in [2.24, 2.45) is 0 Å². The van der Waals surface area contributed by atoms with Crippen LogP contribution >= 0.6 is 12.8 Å². The zero-order valence-electron chi connectivity index (χ0n) is 10.6. The van der Waals surface area contributed by atoms with Crippen LogP contribution in [-0.2, 0) is 0 Å². The van der Waals surface area contributed by atoms with Gasteiger partial charge in [-0.2, -0.15) is 0 Å². The minimum absolute atomic E-state index is 0.174. The molecule has 1 atom stereocenters. The van der Waals surface area contributed by atoms with Crippen molar-refractivity contribution >= 4 is 18.8 Å². The van der Waals surface area contributed by atoms with E-state index in [2.05, 4.69) is 40.5 Å². The molecule has 2 fully saturated rings. The molecule has 0 aliphatic carbocycles. The number of carbonyl (C=O) groups excluding carboxylic acids is 1. The number of urea groups is 1. The second-order valence-corrected chi connectivity index (χ2v) is 6.24. The Morgan fingerprint density at radius 3 is 2.19 bits per heavy atom. The Bertz CT molecular complexity index is 302. The molecule has 0 aromatic carbocycles. The minimum Gasteiger partial charge on any atom is -0.314 e. The lowest BCUT2D eigenvalue weighted by atomic mass is 10.3. The van der Waals surface area contributed by atoms with E-state index < -0.39 is 0 Å². The summed E-state index contributed by atoms with van der Waals surface area (Å²) < 4.78 is 0.743. The van der Waals surface area contributed by atoms with Crippen LogP contribution in [0.25, 0.3) is 0 Å². The second-order valence-electron chi connectivity index (χ2n) is 5.44. The number of quaternary nitrogens is 1. The third kappa shape index (κ3) is 1.80. The highest BCUT2D eigenvalue weighted by Crippen LogP contribution is 2.37. The Morgan fingerprint density at radius 1 is 1.25 bits per heavy atom. The molecule has 0 spiro atoms. The van der Waals surface area contributed by atoms with E-state index in [4.69, 9.17) is 0 Å². The summed E-state index contributed by atoms with van der Waals surface area (Å²) in [6.07, 6.45) is 0.234. The standard InChI is InChI=1S/C11H22N3OS/c1-8(2)12-7-10(14(16)5-6-14)13(9(3)4)11(12)15/h8-10,16H,5-7H2,1-4H3/q+1. The number of nitrogens with zero attached hydrogens (tertiary/aromatic N) is 3. The first-order valence-corrected chi connectivity index (χ1v) is 6.45. The van der Waals surface area contributed by atoms with Crippen molar-refractivity contribution in [3.8, 4) is 0 Å². The van der Waals surface area contributed by atoms with Crippen LogP contribution in [0, 0.1) is 0 Å². The van der Waals surface area contributed by atoms with Gasteiger partial charge < -0.3 is 4.90 Å². The van der Waals surface area contributed by atoms with Gasteiger partial charge in [0, 0.05) is 12.1 Å². The predicted molar refractivity (Wildman–Crippen MR) is 67.0 cm³/mol. The molecule has 5 heteroatoms. The van der Waals surface area contributed by atoms with Crippen LogP contribution in [0.5, 0.6) is 0 Å². The van der Waals surface area contributed by atoms with E-state index in [0.29, 0.717) is 0 Å². The molecule has 2 rings (SSSR count). The number of amides is 2. The maximum atomic E-state index is 12.3. The molecule has 0 aromatic heterocycles. The monoisotopic (exact) mass is 244 g/mol. The van der Waals surface area contributed by atoms with Gasteiger partial charge in [0.2, 0.25) is 0 Å². The minimum atomic E-state index is 0.174. The smallest absolute Gasteiger partial charge is 0.314 e. The summed E-state index contributed by atoms with van der Waals surface area (Å²) in [5, 5.41) is 0. The van der Waals surface area contributed by atoms with E-state index in [-0.39, 0.29) is 24.3 Å². The van der Waals surface area contributed by atoms with E-state index in [1.165, 1.54) is 0 Å². The predicted octanol–water partition coefficient (Wildman–Crippen LogP) is 1.54. The summed E-state index contributed by atoms with van der Waals surface area (Å²) in [6.45, 7) is 11.3. The summed E-state index contributed by atoms with van der Waals surface area (Å²) >= 11 is 4.68. The summed E-state index contributed by atoms with van der Waals surface area (Å²) in [7, 11) is 0. The van der Waals surface area contributed by atoms with Crippen LogP contribution in [0.4, 0.5) is 4.79 Å². The highest BCUT2D eigenvalue weighted by Gasteiger charge is 2.56. The van der Waals surface area contributed by atoms with Gasteiger partial charge in [-0.05, 0) is 27.7 Å². The number of carbonyl (C=O) groups is 1. The molecule has 0 bridgehead atoms. The lowest BCUT2D eigenvalue weighted by Gasteiger charge is -2.29. The molecule has 16 heavy (non-hydrogen) atoms. The van der Waals surface area contributed by atoms with E-state index in [0.717, 1.165) is 23.5 Å². The van der Waals surface area contributed by atoms with Crippen LogP contribution in [0.1, 0.15) is 27.7 Å². The number of thiol groups is 1. The lowest BCUT2D eigenvalue weighted by molar-refractivity contribution is -0.693. The van der Waals surface area contributed by atoms with Gasteiger partial charge >= 0.3 is 6.03 Å². The van der Waals surface area contributed by atoms with E-state index in [9.17, 15) is 4.79 Å². The summed E-state index contributed by atoms with van der Waals surface area (Å²) in [4.78, 5) is 16.2. The number of rotatable bonds is 3. The third-order valence-corrected chi connectivity index (χ3v) is 4.23. The molecule has 0 aromatic rings. The van der Waals surface area contributed by atoms with Gasteiger partial charge in [0.05, 0.1) is 19.4 Å². The van der Waals surface area contributed by atoms with Gasteiger partial charge in [0.1, 0.15) is 13.1 Å². The van der Waals surface area contributed by atoms with Gasteiger partial charge in [-0.15, -0.1) is 0 Å². The Kier molecular flexibility index (Phi) is 2.87. The molecule has 92 valence electrons. The van der Waals surface area contributed by atoms with Crippen molar-refractivity contribution in [3.63, 3.8) is 0 Å². The van der Waals surface area contributed by atoms with Gasteiger partial charge in [-0.1, -0.05) is 0 Å². The first kappa shape index (κ1) is 12.0. The molecule has 0 N–H and O–H groups in total. The van der Waals surface area contributed by atoms with Crippen LogP contribution in [0.3, 0.4) is 0 Å².